The van der Waals surface area contributed by atoms with Crippen LogP contribution in [0.25, 0.3) is 0 Å². The highest BCUT2D eigenvalue weighted by Crippen LogP contribution is 2.48. The number of aliphatic carboxylic acids is 1. The van der Waals surface area contributed by atoms with Crippen molar-refractivity contribution in [2.24, 2.45) is 11.3 Å². The summed E-state index contributed by atoms with van der Waals surface area (Å²) >= 11 is 12.0. The molecule has 1 saturated heterocycles. The monoisotopic (exact) mass is 343 g/mol. The molecule has 3 rings (SSSR count). The van der Waals surface area contributed by atoms with E-state index >= 15 is 0 Å². The number of benzene rings is 1. The van der Waals surface area contributed by atoms with E-state index < -0.39 is 11.4 Å². The van der Waals surface area contributed by atoms with E-state index in [0.717, 1.165) is 25.8 Å². The summed E-state index contributed by atoms with van der Waals surface area (Å²) in [6.45, 7) is 2.65. The van der Waals surface area contributed by atoms with Crippen LogP contribution in [0.3, 0.4) is 0 Å². The van der Waals surface area contributed by atoms with Crippen molar-refractivity contribution in [3.8, 4) is 5.75 Å². The van der Waals surface area contributed by atoms with E-state index in [-0.39, 0.29) is 5.92 Å². The quantitative estimate of drug-likeness (QED) is 0.887. The minimum atomic E-state index is -0.642. The second-order valence-corrected chi connectivity index (χ2v) is 7.05. The SMILES string of the molecule is O=C(O)[C@@]12CCC[C@H]1CN(CCOc1cc(Cl)ccc1Cl)C2. The summed E-state index contributed by atoms with van der Waals surface area (Å²) in [6.07, 6.45) is 2.84. The molecule has 22 heavy (non-hydrogen) atoms. The maximum Gasteiger partial charge on any atom is 0.311 e. The molecule has 1 N–H and O–H groups in total. The second kappa shape index (κ2) is 6.26. The Hall–Kier alpha value is -0.970. The third kappa shape index (κ3) is 2.92. The first-order valence-corrected chi connectivity index (χ1v) is 8.30. The standard InChI is InChI=1S/C16H19Cl2NO3/c17-12-3-4-13(18)14(8-12)22-7-6-19-9-11-2-1-5-16(11,10-19)15(20)21/h3-4,8,11H,1-2,5-7,9-10H2,(H,20,21)/t11-,16+/m0/s1. The number of carboxylic acids is 1. The average Bonchev–Trinajstić information content (AvgIpc) is 3.00. The summed E-state index contributed by atoms with van der Waals surface area (Å²) in [5.41, 5.74) is -0.534. The zero-order valence-corrected chi connectivity index (χ0v) is 13.7. The smallest absolute Gasteiger partial charge is 0.311 e. The highest BCUT2D eigenvalue weighted by molar-refractivity contribution is 6.34. The summed E-state index contributed by atoms with van der Waals surface area (Å²) in [7, 11) is 0. The van der Waals surface area contributed by atoms with E-state index in [1.807, 2.05) is 0 Å². The van der Waals surface area contributed by atoms with E-state index in [0.29, 0.717) is 35.5 Å². The Balaban J connectivity index is 1.55. The number of fused-ring (bicyclic) bond motifs is 1. The number of rotatable bonds is 5. The molecular weight excluding hydrogens is 325 g/mol. The summed E-state index contributed by atoms with van der Waals surface area (Å²) in [6, 6.07) is 5.12. The van der Waals surface area contributed by atoms with Crippen molar-refractivity contribution in [2.45, 2.75) is 19.3 Å². The molecule has 0 unspecified atom stereocenters. The number of ether oxygens (including phenoxy) is 1. The Morgan fingerprint density at radius 3 is 3.00 bits per heavy atom. The Labute approximate surface area is 140 Å². The van der Waals surface area contributed by atoms with Crippen LogP contribution in [0, 0.1) is 11.3 Å². The lowest BCUT2D eigenvalue weighted by Gasteiger charge is -2.23. The molecule has 0 radical (unpaired) electrons. The van der Waals surface area contributed by atoms with Crippen molar-refractivity contribution in [3.63, 3.8) is 0 Å². The van der Waals surface area contributed by atoms with E-state index in [4.69, 9.17) is 27.9 Å². The maximum absolute atomic E-state index is 11.6. The predicted molar refractivity (Wildman–Crippen MR) is 85.8 cm³/mol. The average molecular weight is 344 g/mol. The van der Waals surface area contributed by atoms with Crippen LogP contribution in [0.5, 0.6) is 5.75 Å². The van der Waals surface area contributed by atoms with E-state index in [2.05, 4.69) is 4.90 Å². The minimum absolute atomic E-state index is 0.278. The molecule has 1 heterocycles. The number of hydrogen-bond donors (Lipinski definition) is 1. The van der Waals surface area contributed by atoms with Crippen LogP contribution in [0.2, 0.25) is 10.0 Å². The number of carboxylic acid groups (broad SMARTS) is 1. The molecule has 2 atom stereocenters. The van der Waals surface area contributed by atoms with Gasteiger partial charge < -0.3 is 9.84 Å². The van der Waals surface area contributed by atoms with Gasteiger partial charge >= 0.3 is 5.97 Å². The van der Waals surface area contributed by atoms with Gasteiger partial charge in [0.05, 0.1) is 10.4 Å². The van der Waals surface area contributed by atoms with Crippen molar-refractivity contribution in [2.75, 3.05) is 26.2 Å². The number of likely N-dealkylation sites (tertiary alicyclic amines) is 1. The van der Waals surface area contributed by atoms with Crippen molar-refractivity contribution in [1.29, 1.82) is 0 Å². The van der Waals surface area contributed by atoms with Crippen molar-refractivity contribution in [1.82, 2.24) is 4.90 Å². The molecule has 4 nitrogen and oxygen atoms in total. The molecule has 2 aliphatic rings. The third-order valence-corrected chi connectivity index (χ3v) is 5.47. The highest BCUT2D eigenvalue weighted by atomic mass is 35.5. The third-order valence-electron chi connectivity index (χ3n) is 4.93. The number of carbonyl (C=O) groups is 1. The van der Waals surface area contributed by atoms with Crippen LogP contribution in [0.1, 0.15) is 19.3 Å². The van der Waals surface area contributed by atoms with Gasteiger partial charge in [0, 0.05) is 30.7 Å². The van der Waals surface area contributed by atoms with Crippen LogP contribution >= 0.6 is 23.2 Å². The summed E-state index contributed by atoms with van der Waals surface area (Å²) in [5.74, 6) is 0.206. The lowest BCUT2D eigenvalue weighted by Crippen LogP contribution is -2.36. The van der Waals surface area contributed by atoms with Gasteiger partial charge in [-0.25, -0.2) is 0 Å². The molecule has 120 valence electrons. The van der Waals surface area contributed by atoms with Crippen LogP contribution in [-0.4, -0.2) is 42.2 Å². The van der Waals surface area contributed by atoms with Crippen molar-refractivity contribution in [3.05, 3.63) is 28.2 Å². The van der Waals surface area contributed by atoms with Crippen molar-refractivity contribution < 1.29 is 14.6 Å². The molecule has 1 aromatic carbocycles. The van der Waals surface area contributed by atoms with Gasteiger partial charge in [0.2, 0.25) is 0 Å². The van der Waals surface area contributed by atoms with E-state index in [1.54, 1.807) is 18.2 Å². The van der Waals surface area contributed by atoms with Crippen molar-refractivity contribution >= 4 is 29.2 Å². The van der Waals surface area contributed by atoms with Crippen LogP contribution < -0.4 is 4.74 Å². The Bertz CT molecular complexity index is 581. The molecule has 6 heteroatoms. The van der Waals surface area contributed by atoms with Gasteiger partial charge in [0.15, 0.2) is 0 Å². The molecule has 2 fully saturated rings. The first-order valence-electron chi connectivity index (χ1n) is 7.55. The topological polar surface area (TPSA) is 49.8 Å². The molecule has 0 bridgehead atoms. The predicted octanol–water partition coefficient (Wildman–Crippen LogP) is 3.56. The van der Waals surface area contributed by atoms with Crippen LogP contribution in [0.15, 0.2) is 18.2 Å². The Morgan fingerprint density at radius 1 is 1.45 bits per heavy atom. The zero-order valence-electron chi connectivity index (χ0n) is 12.2. The van der Waals surface area contributed by atoms with E-state index in [9.17, 15) is 9.90 Å². The fourth-order valence-corrected chi connectivity index (χ4v) is 4.12. The maximum atomic E-state index is 11.6. The minimum Gasteiger partial charge on any atom is -0.491 e. The van der Waals surface area contributed by atoms with Gasteiger partial charge in [0.1, 0.15) is 12.4 Å². The fraction of sp³-hybridized carbons (Fsp3) is 0.562. The van der Waals surface area contributed by atoms with Crippen LogP contribution in [-0.2, 0) is 4.79 Å². The molecular formula is C16H19Cl2NO3. The largest absolute Gasteiger partial charge is 0.491 e. The van der Waals surface area contributed by atoms with Gasteiger partial charge in [-0.2, -0.15) is 0 Å². The normalized spacial score (nSPS) is 27.8. The van der Waals surface area contributed by atoms with Gasteiger partial charge in [-0.1, -0.05) is 29.6 Å². The lowest BCUT2D eigenvalue weighted by atomic mass is 9.81. The Morgan fingerprint density at radius 2 is 2.27 bits per heavy atom. The first kappa shape index (κ1) is 15.9. The summed E-state index contributed by atoms with van der Waals surface area (Å²) < 4.78 is 5.69. The molecule has 0 aromatic heterocycles. The molecule has 1 aliphatic heterocycles. The van der Waals surface area contributed by atoms with E-state index in [1.165, 1.54) is 0 Å². The highest BCUT2D eigenvalue weighted by Gasteiger charge is 2.54. The van der Waals surface area contributed by atoms with Gasteiger partial charge in [0.25, 0.3) is 0 Å². The number of halogens is 2. The number of nitrogens with zero attached hydrogens (tertiary/aromatic N) is 1. The fourth-order valence-electron chi connectivity index (χ4n) is 3.79. The van der Waals surface area contributed by atoms with Gasteiger partial charge in [-0.05, 0) is 30.9 Å². The summed E-state index contributed by atoms with van der Waals surface area (Å²) in [4.78, 5) is 13.8. The summed E-state index contributed by atoms with van der Waals surface area (Å²) in [5, 5.41) is 10.7. The second-order valence-electron chi connectivity index (χ2n) is 6.21. The molecule has 0 spiro atoms. The lowest BCUT2D eigenvalue weighted by molar-refractivity contribution is -0.149. The first-order chi connectivity index (χ1) is 10.5. The molecule has 1 saturated carbocycles. The number of hydrogen-bond acceptors (Lipinski definition) is 3. The van der Waals surface area contributed by atoms with Gasteiger partial charge in [-0.3, -0.25) is 9.69 Å². The molecule has 0 amide bonds. The van der Waals surface area contributed by atoms with Crippen LogP contribution in [0.4, 0.5) is 0 Å². The molecule has 1 aromatic rings. The zero-order chi connectivity index (χ0) is 15.7. The molecule has 1 aliphatic carbocycles. The van der Waals surface area contributed by atoms with Gasteiger partial charge in [-0.15, -0.1) is 0 Å². The Kier molecular flexibility index (Phi) is 4.53.